The van der Waals surface area contributed by atoms with E-state index in [1.807, 2.05) is 6.92 Å². The lowest BCUT2D eigenvalue weighted by molar-refractivity contribution is -0.0498. The van der Waals surface area contributed by atoms with Crippen molar-refractivity contribution < 1.29 is 13.5 Å². The summed E-state index contributed by atoms with van der Waals surface area (Å²) in [5.41, 5.74) is 0.484. The highest BCUT2D eigenvalue weighted by molar-refractivity contribution is 9.10. The van der Waals surface area contributed by atoms with E-state index in [0.717, 1.165) is 12.8 Å². The van der Waals surface area contributed by atoms with Gasteiger partial charge < -0.3 is 10.1 Å². The van der Waals surface area contributed by atoms with E-state index >= 15 is 0 Å². The number of hydrogen-bond donors (Lipinski definition) is 1. The molecule has 0 heterocycles. The van der Waals surface area contributed by atoms with Crippen molar-refractivity contribution >= 4 is 33.2 Å². The van der Waals surface area contributed by atoms with E-state index < -0.39 is 6.61 Å². The van der Waals surface area contributed by atoms with Crippen LogP contribution in [0.5, 0.6) is 5.75 Å². The summed E-state index contributed by atoms with van der Waals surface area (Å²) in [5, 5.41) is 3.66. The molecular weight excluding hydrogens is 364 g/mol. The molecule has 1 aromatic carbocycles. The van der Waals surface area contributed by atoms with Gasteiger partial charge in [0.25, 0.3) is 0 Å². The van der Waals surface area contributed by atoms with Crippen LogP contribution in [0.25, 0.3) is 0 Å². The molecule has 0 fully saturated rings. The number of unbranched alkanes of at least 4 members (excludes halogenated alkanes) is 3. The molecule has 0 aromatic heterocycles. The largest absolute Gasteiger partial charge is 0.431 e. The molecule has 1 aromatic rings. The van der Waals surface area contributed by atoms with Crippen molar-refractivity contribution in [3.05, 3.63) is 21.6 Å². The monoisotopic (exact) mass is 383 g/mol. The Hall–Kier alpha value is -0.550. The van der Waals surface area contributed by atoms with E-state index in [9.17, 15) is 8.78 Å². The molecule has 0 radical (unpaired) electrons. The minimum absolute atomic E-state index is 0.0924. The van der Waals surface area contributed by atoms with Gasteiger partial charge in [0.1, 0.15) is 0 Å². The second-order valence-electron chi connectivity index (χ2n) is 5.04. The Morgan fingerprint density at radius 1 is 1.29 bits per heavy atom. The van der Waals surface area contributed by atoms with Crippen molar-refractivity contribution in [2.24, 2.45) is 0 Å². The predicted molar refractivity (Wildman–Crippen MR) is 87.6 cm³/mol. The van der Waals surface area contributed by atoms with Crippen LogP contribution in [0, 0.1) is 0 Å². The number of benzene rings is 1. The fourth-order valence-electron chi connectivity index (χ4n) is 2.09. The maximum atomic E-state index is 12.5. The summed E-state index contributed by atoms with van der Waals surface area (Å²) in [6, 6.07) is 3.30. The summed E-state index contributed by atoms with van der Waals surface area (Å²) in [4.78, 5) is 0. The molecule has 0 saturated heterocycles. The standard InChI is InChI=1S/C15H21BrClF2NO/c1-3-4-5-6-7-10(2)20-13-9-11(17)8-12(16)14(13)21-15(18)19/h8-10,15,20H,3-7H2,1-2H3. The van der Waals surface area contributed by atoms with Crippen LogP contribution in [-0.2, 0) is 0 Å². The molecule has 0 amide bonds. The molecule has 1 N–H and O–H groups in total. The molecule has 2 nitrogen and oxygen atoms in total. The smallest absolute Gasteiger partial charge is 0.387 e. The molecule has 6 heteroatoms. The van der Waals surface area contributed by atoms with Crippen LogP contribution >= 0.6 is 27.5 Å². The van der Waals surface area contributed by atoms with Crippen molar-refractivity contribution in [2.75, 3.05) is 5.32 Å². The first-order valence-corrected chi connectivity index (χ1v) is 8.31. The van der Waals surface area contributed by atoms with Gasteiger partial charge in [-0.3, -0.25) is 0 Å². The number of nitrogens with one attached hydrogen (secondary N) is 1. The SMILES string of the molecule is CCCCCCC(C)Nc1cc(Cl)cc(Br)c1OC(F)F. The molecular formula is C15H21BrClF2NO. The lowest BCUT2D eigenvalue weighted by Crippen LogP contribution is -2.16. The first-order chi connectivity index (χ1) is 9.93. The number of ether oxygens (including phenoxy) is 1. The van der Waals surface area contributed by atoms with Crippen LogP contribution in [-0.4, -0.2) is 12.7 Å². The zero-order valence-electron chi connectivity index (χ0n) is 12.3. The van der Waals surface area contributed by atoms with Gasteiger partial charge in [-0.25, -0.2) is 0 Å². The third kappa shape index (κ3) is 6.83. The Morgan fingerprint density at radius 3 is 2.62 bits per heavy atom. The first kappa shape index (κ1) is 18.5. The zero-order valence-corrected chi connectivity index (χ0v) is 14.6. The fraction of sp³-hybridized carbons (Fsp3) is 0.600. The van der Waals surface area contributed by atoms with Gasteiger partial charge in [-0.15, -0.1) is 0 Å². The molecule has 0 aliphatic carbocycles. The molecule has 0 saturated carbocycles. The molecule has 1 atom stereocenters. The van der Waals surface area contributed by atoms with Gasteiger partial charge >= 0.3 is 6.61 Å². The predicted octanol–water partition coefficient (Wildman–Crippen LogP) is 6.47. The van der Waals surface area contributed by atoms with Gasteiger partial charge in [-0.2, -0.15) is 8.78 Å². The normalized spacial score (nSPS) is 12.5. The van der Waals surface area contributed by atoms with E-state index in [-0.39, 0.29) is 11.8 Å². The number of hydrogen-bond acceptors (Lipinski definition) is 2. The number of halogens is 4. The quantitative estimate of drug-likeness (QED) is 0.492. The van der Waals surface area contributed by atoms with Gasteiger partial charge in [0.15, 0.2) is 5.75 Å². The van der Waals surface area contributed by atoms with Crippen molar-refractivity contribution in [3.8, 4) is 5.75 Å². The summed E-state index contributed by atoms with van der Waals surface area (Å²) in [6.07, 6.45) is 5.67. The maximum absolute atomic E-state index is 12.5. The third-order valence-electron chi connectivity index (χ3n) is 3.11. The summed E-state index contributed by atoms with van der Waals surface area (Å²) in [7, 11) is 0. The zero-order chi connectivity index (χ0) is 15.8. The van der Waals surface area contributed by atoms with Gasteiger partial charge in [0.2, 0.25) is 0 Å². The number of alkyl halides is 2. The van der Waals surface area contributed by atoms with Gasteiger partial charge in [-0.05, 0) is 41.4 Å². The molecule has 120 valence electrons. The maximum Gasteiger partial charge on any atom is 0.387 e. The number of rotatable bonds is 9. The Balaban J connectivity index is 2.71. The summed E-state index contributed by atoms with van der Waals surface area (Å²) < 4.78 is 30.0. The number of anilines is 1. The highest BCUT2D eigenvalue weighted by Gasteiger charge is 2.16. The minimum Gasteiger partial charge on any atom is -0.431 e. The Kier molecular flexibility index (Phi) is 8.34. The van der Waals surface area contributed by atoms with Crippen molar-refractivity contribution in [3.63, 3.8) is 0 Å². The van der Waals surface area contributed by atoms with E-state index in [0.29, 0.717) is 15.2 Å². The molecule has 0 aliphatic rings. The molecule has 1 rings (SSSR count). The Morgan fingerprint density at radius 2 is 2.00 bits per heavy atom. The Labute approximate surface area is 138 Å². The highest BCUT2D eigenvalue weighted by atomic mass is 79.9. The van der Waals surface area contributed by atoms with E-state index in [1.165, 1.54) is 25.3 Å². The van der Waals surface area contributed by atoms with Crippen LogP contribution in [0.15, 0.2) is 16.6 Å². The summed E-state index contributed by atoms with van der Waals surface area (Å²) in [6.45, 7) is 1.31. The van der Waals surface area contributed by atoms with Crippen LogP contribution < -0.4 is 10.1 Å². The van der Waals surface area contributed by atoms with Crippen molar-refractivity contribution in [1.82, 2.24) is 0 Å². The minimum atomic E-state index is -2.87. The van der Waals surface area contributed by atoms with Crippen LogP contribution in [0.4, 0.5) is 14.5 Å². The van der Waals surface area contributed by atoms with Gasteiger partial charge in [-0.1, -0.05) is 44.2 Å². The third-order valence-corrected chi connectivity index (χ3v) is 3.92. The molecule has 0 aliphatic heterocycles. The summed E-state index contributed by atoms with van der Waals surface area (Å²) in [5.74, 6) is 0.0924. The average Bonchev–Trinajstić information content (AvgIpc) is 2.38. The van der Waals surface area contributed by atoms with Crippen LogP contribution in [0.1, 0.15) is 46.0 Å². The first-order valence-electron chi connectivity index (χ1n) is 7.14. The second kappa shape index (κ2) is 9.46. The van der Waals surface area contributed by atoms with Crippen LogP contribution in [0.3, 0.4) is 0 Å². The molecule has 0 bridgehead atoms. The second-order valence-corrected chi connectivity index (χ2v) is 6.33. The fourth-order valence-corrected chi connectivity index (χ4v) is 3.00. The van der Waals surface area contributed by atoms with E-state index in [1.54, 1.807) is 6.07 Å². The lowest BCUT2D eigenvalue weighted by atomic mass is 10.1. The average molecular weight is 385 g/mol. The summed E-state index contributed by atoms with van der Waals surface area (Å²) >= 11 is 9.18. The van der Waals surface area contributed by atoms with E-state index in [4.69, 9.17) is 11.6 Å². The van der Waals surface area contributed by atoms with Crippen molar-refractivity contribution in [1.29, 1.82) is 0 Å². The Bertz CT molecular complexity index is 446. The van der Waals surface area contributed by atoms with Gasteiger partial charge in [0.05, 0.1) is 10.2 Å². The lowest BCUT2D eigenvalue weighted by Gasteiger charge is -2.19. The molecule has 1 unspecified atom stereocenters. The van der Waals surface area contributed by atoms with E-state index in [2.05, 4.69) is 32.9 Å². The van der Waals surface area contributed by atoms with Crippen molar-refractivity contribution in [2.45, 2.75) is 58.6 Å². The molecule has 0 spiro atoms. The van der Waals surface area contributed by atoms with Gasteiger partial charge in [0, 0.05) is 11.1 Å². The molecule has 21 heavy (non-hydrogen) atoms. The van der Waals surface area contributed by atoms with Crippen LogP contribution in [0.2, 0.25) is 5.02 Å². The highest BCUT2D eigenvalue weighted by Crippen LogP contribution is 2.38. The topological polar surface area (TPSA) is 21.3 Å².